The molecule has 1 heterocycles. The molecular formula is C10H8N2Na2O6P2S-2. The van der Waals surface area contributed by atoms with Gasteiger partial charge in [0.15, 0.2) is 5.13 Å². The average molecular weight is 392 g/mol. The second-order valence-electron chi connectivity index (χ2n) is 4.00. The molecule has 0 radical (unpaired) electrons. The zero-order chi connectivity index (χ0) is 15.7. The quantitative estimate of drug-likeness (QED) is 0.390. The van der Waals surface area contributed by atoms with E-state index in [1.807, 2.05) is 5.32 Å². The van der Waals surface area contributed by atoms with Gasteiger partial charge in [-0.15, -0.1) is 11.3 Å². The number of rotatable bonds is 5. The number of hydrogen-bond donors (Lipinski definition) is 1. The van der Waals surface area contributed by atoms with Crippen molar-refractivity contribution < 1.29 is 87.8 Å². The molecule has 1 aromatic heterocycles. The van der Waals surface area contributed by atoms with Crippen LogP contribution in [0.1, 0.15) is 0 Å². The summed E-state index contributed by atoms with van der Waals surface area (Å²) in [5.41, 5.74) is -1.57. The average Bonchev–Trinajstić information content (AvgIpc) is 2.83. The number of nitrogens with one attached hydrogen (secondary N) is 1. The standard InChI is InChI=1S/C10H12N2O6P2S.2Na/c13-19(14,15)10(20(16,17)18)12-9-11-8(6-21-9)7-4-2-1-3-5-7;;/h1-6,10H,(H,11,12)(H2,13,14,15)(H2,16,17,18);;/q;2*+1/p-4. The van der Waals surface area contributed by atoms with Crippen molar-refractivity contribution in [3.63, 3.8) is 0 Å². The first-order valence-electron chi connectivity index (χ1n) is 5.49. The van der Waals surface area contributed by atoms with Crippen LogP contribution in [0.25, 0.3) is 11.3 Å². The van der Waals surface area contributed by atoms with Crippen LogP contribution in [0.5, 0.6) is 0 Å². The summed E-state index contributed by atoms with van der Waals surface area (Å²) in [4.78, 5) is 47.5. The van der Waals surface area contributed by atoms with Crippen LogP contribution in [0.3, 0.4) is 0 Å². The maximum Gasteiger partial charge on any atom is 1.00 e. The van der Waals surface area contributed by atoms with E-state index in [2.05, 4.69) is 4.98 Å². The van der Waals surface area contributed by atoms with Crippen LogP contribution < -0.4 is 84.0 Å². The summed E-state index contributed by atoms with van der Waals surface area (Å²) in [5.74, 6) is 0. The molecule has 0 spiro atoms. The van der Waals surface area contributed by atoms with Gasteiger partial charge in [-0.2, -0.15) is 0 Å². The first kappa shape index (κ1) is 23.9. The molecule has 8 nitrogen and oxygen atoms in total. The fourth-order valence-electron chi connectivity index (χ4n) is 1.52. The molecule has 0 unspecified atom stereocenters. The van der Waals surface area contributed by atoms with Gasteiger partial charge in [0.05, 0.1) is 11.2 Å². The molecule has 0 saturated carbocycles. The van der Waals surface area contributed by atoms with Crippen LogP contribution in [-0.2, 0) is 9.13 Å². The summed E-state index contributed by atoms with van der Waals surface area (Å²) >= 11 is 0.885. The number of thiazole rings is 1. The Morgan fingerprint density at radius 3 is 2.00 bits per heavy atom. The number of nitrogens with zero attached hydrogens (tertiary/aromatic N) is 1. The SMILES string of the molecule is O=P([O-])([O-])C(Nc1nc(-c2ccccc2)cs1)P(=O)([O-])[O-].[Na+].[Na+]. The molecule has 0 bridgehead atoms. The Morgan fingerprint density at radius 2 is 1.52 bits per heavy atom. The second-order valence-corrected chi connectivity index (χ2v) is 8.46. The molecule has 0 saturated heterocycles. The van der Waals surface area contributed by atoms with Gasteiger partial charge in [0.1, 0.15) is 0 Å². The van der Waals surface area contributed by atoms with Crippen molar-refractivity contribution in [1.82, 2.24) is 4.98 Å². The van der Waals surface area contributed by atoms with Gasteiger partial charge in [0, 0.05) is 10.9 Å². The second kappa shape index (κ2) is 9.59. The predicted octanol–water partition coefficient (Wildman–Crippen LogP) is -6.66. The summed E-state index contributed by atoms with van der Waals surface area (Å²) in [6, 6.07) is 8.80. The third-order valence-corrected chi connectivity index (χ3v) is 6.35. The molecule has 23 heavy (non-hydrogen) atoms. The zero-order valence-corrected chi connectivity index (χ0v) is 18.8. The maximum atomic E-state index is 10.9. The predicted molar refractivity (Wildman–Crippen MR) is 70.2 cm³/mol. The minimum absolute atomic E-state index is 0. The molecule has 13 heteroatoms. The van der Waals surface area contributed by atoms with Gasteiger partial charge in [0.25, 0.3) is 0 Å². The summed E-state index contributed by atoms with van der Waals surface area (Å²) in [7, 11) is -11.3. The van der Waals surface area contributed by atoms with Gasteiger partial charge in [-0.1, -0.05) is 30.3 Å². The number of benzene rings is 1. The van der Waals surface area contributed by atoms with Gasteiger partial charge < -0.3 is 34.0 Å². The normalized spacial score (nSPS) is 11.5. The molecule has 0 aliphatic carbocycles. The third-order valence-electron chi connectivity index (χ3n) is 2.43. The molecule has 2 aromatic rings. The molecule has 0 atom stereocenters. The van der Waals surface area contributed by atoms with E-state index < -0.39 is 20.7 Å². The van der Waals surface area contributed by atoms with Crippen LogP contribution in [-0.4, -0.2) is 10.5 Å². The Morgan fingerprint density at radius 1 is 1.00 bits per heavy atom. The number of anilines is 1. The van der Waals surface area contributed by atoms with Crippen LogP contribution in [0.2, 0.25) is 0 Å². The van der Waals surface area contributed by atoms with Crippen molar-refractivity contribution in [1.29, 1.82) is 0 Å². The van der Waals surface area contributed by atoms with E-state index >= 15 is 0 Å². The smallest absolute Gasteiger partial charge is 0.809 e. The minimum atomic E-state index is -5.66. The van der Waals surface area contributed by atoms with Crippen molar-refractivity contribution >= 4 is 31.7 Å². The van der Waals surface area contributed by atoms with E-state index in [0.29, 0.717) is 5.69 Å². The van der Waals surface area contributed by atoms with Gasteiger partial charge in [-0.05, 0) is 15.2 Å². The van der Waals surface area contributed by atoms with E-state index in [9.17, 15) is 28.7 Å². The van der Waals surface area contributed by atoms with Crippen LogP contribution >= 0.6 is 26.5 Å². The molecule has 0 aliphatic heterocycles. The fourth-order valence-corrected chi connectivity index (χ4v) is 4.39. The third kappa shape index (κ3) is 6.99. The Bertz CT molecular complexity index is 697. The molecule has 114 valence electrons. The first-order valence-corrected chi connectivity index (χ1v) is 9.59. The van der Waals surface area contributed by atoms with Crippen LogP contribution in [0.15, 0.2) is 35.7 Å². The van der Waals surface area contributed by atoms with Crippen molar-refractivity contribution in [2.24, 2.45) is 0 Å². The minimum Gasteiger partial charge on any atom is -0.809 e. The van der Waals surface area contributed by atoms with E-state index in [1.54, 1.807) is 30.3 Å². The van der Waals surface area contributed by atoms with Gasteiger partial charge >= 0.3 is 59.1 Å². The number of hydrogen-bond acceptors (Lipinski definition) is 9. The summed E-state index contributed by atoms with van der Waals surface area (Å²) in [6.45, 7) is 0. The molecule has 0 aliphatic rings. The van der Waals surface area contributed by atoms with Crippen LogP contribution in [0, 0.1) is 0 Å². The van der Waals surface area contributed by atoms with E-state index in [1.165, 1.54) is 5.38 Å². The van der Waals surface area contributed by atoms with E-state index in [-0.39, 0.29) is 64.2 Å². The van der Waals surface area contributed by atoms with E-state index in [0.717, 1.165) is 16.9 Å². The van der Waals surface area contributed by atoms with E-state index in [4.69, 9.17) is 0 Å². The van der Waals surface area contributed by atoms with Crippen molar-refractivity contribution in [3.8, 4) is 11.3 Å². The van der Waals surface area contributed by atoms with Gasteiger partial charge in [-0.25, -0.2) is 4.98 Å². The fraction of sp³-hybridized carbons (Fsp3) is 0.100. The molecule has 1 N–H and O–H groups in total. The summed E-state index contributed by atoms with van der Waals surface area (Å²) in [6.07, 6.45) is 0. The van der Waals surface area contributed by atoms with Crippen molar-refractivity contribution in [2.75, 3.05) is 5.32 Å². The molecule has 2 rings (SSSR count). The topological polar surface area (TPSA) is 151 Å². The Labute approximate surface area is 180 Å². The molecule has 0 fully saturated rings. The van der Waals surface area contributed by atoms with Crippen molar-refractivity contribution in [3.05, 3.63) is 35.7 Å². The Hall–Kier alpha value is 0.950. The Kier molecular flexibility index (Phi) is 9.99. The van der Waals surface area contributed by atoms with Gasteiger partial charge in [-0.3, -0.25) is 0 Å². The largest absolute Gasteiger partial charge is 1.00 e. The number of aromatic nitrogens is 1. The Balaban J connectivity index is 0.00000242. The zero-order valence-electron chi connectivity index (χ0n) is 12.2. The first-order chi connectivity index (χ1) is 9.68. The summed E-state index contributed by atoms with van der Waals surface area (Å²) < 4.78 is 21.7. The monoisotopic (exact) mass is 392 g/mol. The van der Waals surface area contributed by atoms with Crippen LogP contribution in [0.4, 0.5) is 5.13 Å². The van der Waals surface area contributed by atoms with Crippen molar-refractivity contribution in [2.45, 2.75) is 5.52 Å². The molecule has 0 amide bonds. The molecule has 1 aromatic carbocycles. The summed E-state index contributed by atoms with van der Waals surface area (Å²) in [5, 5.41) is 3.28. The molecular weight excluding hydrogens is 384 g/mol. The maximum absolute atomic E-state index is 10.9. The van der Waals surface area contributed by atoms with Gasteiger partial charge in [0.2, 0.25) is 0 Å².